The number of hydrogen-bond acceptors (Lipinski definition) is 2. The van der Waals surface area contributed by atoms with Gasteiger partial charge in [0.2, 0.25) is 0 Å². The summed E-state index contributed by atoms with van der Waals surface area (Å²) in [6.45, 7) is 4.76. The number of guanidine groups is 1. The fourth-order valence-corrected chi connectivity index (χ4v) is 1.83. The molecule has 0 amide bonds. The fourth-order valence-electron chi connectivity index (χ4n) is 1.58. The molecule has 1 rings (SSSR count). The smallest absolute Gasteiger partial charge is 0.191 e. The Morgan fingerprint density at radius 2 is 2.14 bits per heavy atom. The lowest BCUT2D eigenvalue weighted by Crippen LogP contribution is -2.37. The predicted molar refractivity (Wildman–Crippen MR) is 98.8 cm³/mol. The van der Waals surface area contributed by atoms with Crippen LogP contribution in [-0.4, -0.2) is 32.8 Å². The average molecular weight is 474 g/mol. The van der Waals surface area contributed by atoms with Crippen LogP contribution in [0.4, 0.5) is 4.39 Å². The Kier molecular flexibility index (Phi) is 11.9. The lowest BCUT2D eigenvalue weighted by atomic mass is 10.2. The molecule has 21 heavy (non-hydrogen) atoms. The number of nitrogens with zero attached hydrogens (tertiary/aromatic N) is 1. The third-order valence-electron chi connectivity index (χ3n) is 2.63. The number of aliphatic imine (C=N–C) groups is 1. The van der Waals surface area contributed by atoms with Crippen LogP contribution in [0.25, 0.3) is 0 Å². The van der Waals surface area contributed by atoms with Crippen LogP contribution in [0.2, 0.25) is 0 Å². The van der Waals surface area contributed by atoms with Crippen molar-refractivity contribution in [2.24, 2.45) is 4.99 Å². The maximum atomic E-state index is 13.4. The fraction of sp³-hybridized carbons (Fsp3) is 0.500. The first-order chi connectivity index (χ1) is 9.67. The maximum Gasteiger partial charge on any atom is 0.191 e. The Labute approximate surface area is 151 Å². The molecule has 0 saturated carbocycles. The maximum absolute atomic E-state index is 13.4. The van der Waals surface area contributed by atoms with Gasteiger partial charge < -0.3 is 15.4 Å². The minimum absolute atomic E-state index is 0. The second-order valence-electron chi connectivity index (χ2n) is 4.15. The van der Waals surface area contributed by atoms with Crippen molar-refractivity contribution in [3.63, 3.8) is 0 Å². The predicted octanol–water partition coefficient (Wildman–Crippen LogP) is 3.30. The van der Waals surface area contributed by atoms with Crippen LogP contribution in [0.15, 0.2) is 27.7 Å². The van der Waals surface area contributed by atoms with E-state index in [1.165, 1.54) is 6.07 Å². The van der Waals surface area contributed by atoms with Crippen molar-refractivity contribution < 1.29 is 9.13 Å². The SMILES string of the molecule is CCOCCCNC(=NC)NCc1ccc(Br)c(F)c1.I. The molecule has 0 aliphatic carbocycles. The molecule has 120 valence electrons. The lowest BCUT2D eigenvalue weighted by molar-refractivity contribution is 0.145. The van der Waals surface area contributed by atoms with Crippen LogP contribution in [-0.2, 0) is 11.3 Å². The molecule has 0 heterocycles. The molecule has 0 radical (unpaired) electrons. The molecule has 0 fully saturated rings. The van der Waals surface area contributed by atoms with Gasteiger partial charge in [0.05, 0.1) is 4.47 Å². The summed E-state index contributed by atoms with van der Waals surface area (Å²) in [5, 5.41) is 6.32. The minimum atomic E-state index is -0.260. The molecule has 1 aromatic carbocycles. The zero-order valence-electron chi connectivity index (χ0n) is 12.3. The van der Waals surface area contributed by atoms with Gasteiger partial charge in [0.15, 0.2) is 5.96 Å². The van der Waals surface area contributed by atoms with Crippen molar-refractivity contribution >= 4 is 45.9 Å². The molecule has 4 nitrogen and oxygen atoms in total. The highest BCUT2D eigenvalue weighted by molar-refractivity contribution is 14.0. The molecular formula is C14H22BrFIN3O. The zero-order valence-corrected chi connectivity index (χ0v) is 16.2. The molecule has 0 saturated heterocycles. The first-order valence-electron chi connectivity index (χ1n) is 6.63. The van der Waals surface area contributed by atoms with Gasteiger partial charge in [-0.2, -0.15) is 0 Å². The van der Waals surface area contributed by atoms with Crippen molar-refractivity contribution in [2.75, 3.05) is 26.8 Å². The molecule has 0 aliphatic heterocycles. The van der Waals surface area contributed by atoms with Crippen LogP contribution in [0, 0.1) is 5.82 Å². The quantitative estimate of drug-likeness (QED) is 0.276. The Balaban J connectivity index is 0.00000400. The Morgan fingerprint density at radius 3 is 2.76 bits per heavy atom. The summed E-state index contributed by atoms with van der Waals surface area (Å²) in [7, 11) is 1.71. The van der Waals surface area contributed by atoms with Gasteiger partial charge in [-0.15, -0.1) is 24.0 Å². The first-order valence-corrected chi connectivity index (χ1v) is 7.42. The highest BCUT2D eigenvalue weighted by atomic mass is 127. The second-order valence-corrected chi connectivity index (χ2v) is 5.01. The molecule has 0 aromatic heterocycles. The number of hydrogen-bond donors (Lipinski definition) is 2. The highest BCUT2D eigenvalue weighted by Crippen LogP contribution is 2.16. The monoisotopic (exact) mass is 473 g/mol. The van der Waals surface area contributed by atoms with E-state index in [9.17, 15) is 4.39 Å². The van der Waals surface area contributed by atoms with Crippen LogP contribution < -0.4 is 10.6 Å². The molecule has 7 heteroatoms. The van der Waals surface area contributed by atoms with Crippen molar-refractivity contribution in [3.05, 3.63) is 34.1 Å². The van der Waals surface area contributed by atoms with E-state index < -0.39 is 0 Å². The van der Waals surface area contributed by atoms with Gasteiger partial charge >= 0.3 is 0 Å². The van der Waals surface area contributed by atoms with Gasteiger partial charge in [-0.3, -0.25) is 4.99 Å². The van der Waals surface area contributed by atoms with E-state index in [0.29, 0.717) is 17.0 Å². The van der Waals surface area contributed by atoms with Gasteiger partial charge in [0.25, 0.3) is 0 Å². The molecule has 1 aromatic rings. The number of ether oxygens (including phenoxy) is 1. The lowest BCUT2D eigenvalue weighted by Gasteiger charge is -2.12. The topological polar surface area (TPSA) is 45.6 Å². The van der Waals surface area contributed by atoms with E-state index in [2.05, 4.69) is 31.6 Å². The van der Waals surface area contributed by atoms with Crippen molar-refractivity contribution in [3.8, 4) is 0 Å². The standard InChI is InChI=1S/C14H21BrFN3O.HI/c1-3-20-8-4-7-18-14(17-2)19-10-11-5-6-12(15)13(16)9-11;/h5-6,9H,3-4,7-8,10H2,1-2H3,(H2,17,18,19);1H. The largest absolute Gasteiger partial charge is 0.382 e. The average Bonchev–Trinajstić information content (AvgIpc) is 2.45. The van der Waals surface area contributed by atoms with E-state index in [0.717, 1.165) is 31.7 Å². The Morgan fingerprint density at radius 1 is 1.38 bits per heavy atom. The van der Waals surface area contributed by atoms with Crippen LogP contribution in [0.3, 0.4) is 0 Å². The summed E-state index contributed by atoms with van der Waals surface area (Å²) in [5.41, 5.74) is 0.864. The van der Waals surface area contributed by atoms with Crippen LogP contribution in [0.1, 0.15) is 18.9 Å². The van der Waals surface area contributed by atoms with Gasteiger partial charge in [0, 0.05) is 33.4 Å². The van der Waals surface area contributed by atoms with Gasteiger partial charge in [-0.25, -0.2) is 4.39 Å². The summed E-state index contributed by atoms with van der Waals surface area (Å²) in [6.07, 6.45) is 0.918. The van der Waals surface area contributed by atoms with E-state index in [1.54, 1.807) is 13.1 Å². The molecular weight excluding hydrogens is 452 g/mol. The third-order valence-corrected chi connectivity index (χ3v) is 3.27. The second kappa shape index (κ2) is 12.2. The minimum Gasteiger partial charge on any atom is -0.382 e. The molecule has 2 N–H and O–H groups in total. The van der Waals surface area contributed by atoms with E-state index in [4.69, 9.17) is 4.74 Å². The summed E-state index contributed by atoms with van der Waals surface area (Å²) >= 11 is 3.13. The Bertz CT molecular complexity index is 446. The summed E-state index contributed by atoms with van der Waals surface area (Å²) in [6, 6.07) is 5.06. The van der Waals surface area contributed by atoms with Crippen molar-refractivity contribution in [1.29, 1.82) is 0 Å². The van der Waals surface area contributed by atoms with E-state index in [-0.39, 0.29) is 29.8 Å². The number of nitrogens with one attached hydrogen (secondary N) is 2. The van der Waals surface area contributed by atoms with Crippen molar-refractivity contribution in [2.45, 2.75) is 19.9 Å². The highest BCUT2D eigenvalue weighted by Gasteiger charge is 2.02. The van der Waals surface area contributed by atoms with E-state index in [1.807, 2.05) is 13.0 Å². The molecule has 0 atom stereocenters. The molecule has 0 spiro atoms. The number of benzene rings is 1. The summed E-state index contributed by atoms with van der Waals surface area (Å²) < 4.78 is 19.1. The first kappa shape index (κ1) is 20.6. The van der Waals surface area contributed by atoms with Crippen LogP contribution in [0.5, 0.6) is 0 Å². The normalized spacial score (nSPS) is 11.0. The number of halogens is 3. The molecule has 0 bridgehead atoms. The third kappa shape index (κ3) is 8.57. The van der Waals surface area contributed by atoms with Gasteiger partial charge in [-0.1, -0.05) is 6.07 Å². The molecule has 0 unspecified atom stereocenters. The van der Waals surface area contributed by atoms with E-state index >= 15 is 0 Å². The summed E-state index contributed by atoms with van der Waals surface area (Å²) in [5.74, 6) is 0.439. The number of rotatable bonds is 7. The summed E-state index contributed by atoms with van der Waals surface area (Å²) in [4.78, 5) is 4.11. The Hall–Kier alpha value is -0.410. The zero-order chi connectivity index (χ0) is 14.8. The van der Waals surface area contributed by atoms with Crippen molar-refractivity contribution in [1.82, 2.24) is 10.6 Å². The molecule has 0 aliphatic rings. The van der Waals surface area contributed by atoms with Gasteiger partial charge in [-0.05, 0) is 47.0 Å². The van der Waals surface area contributed by atoms with Gasteiger partial charge in [0.1, 0.15) is 5.82 Å². The van der Waals surface area contributed by atoms with Crippen LogP contribution >= 0.6 is 39.9 Å².